The zero-order chi connectivity index (χ0) is 9.97. The SMILES string of the molecule is O[B]Oc1cc2ccccc2cc1Br. The first-order valence-electron chi connectivity index (χ1n) is 4.12. The lowest BCUT2D eigenvalue weighted by atomic mass is 10.1. The summed E-state index contributed by atoms with van der Waals surface area (Å²) in [6, 6.07) is 11.8. The largest absolute Gasteiger partial charge is 0.569 e. The Morgan fingerprint density at radius 2 is 1.79 bits per heavy atom. The molecule has 0 aliphatic rings. The average Bonchev–Trinajstić information content (AvgIpc) is 2.19. The second-order valence-corrected chi connectivity index (χ2v) is 3.71. The third-order valence-corrected chi connectivity index (χ3v) is 2.60. The van der Waals surface area contributed by atoms with Crippen molar-refractivity contribution in [3.05, 3.63) is 40.9 Å². The fourth-order valence-electron chi connectivity index (χ4n) is 1.34. The Morgan fingerprint density at radius 3 is 2.43 bits per heavy atom. The van der Waals surface area contributed by atoms with E-state index < -0.39 is 0 Å². The first-order valence-corrected chi connectivity index (χ1v) is 4.91. The van der Waals surface area contributed by atoms with Gasteiger partial charge in [-0.15, -0.1) is 0 Å². The number of halogens is 1. The van der Waals surface area contributed by atoms with Gasteiger partial charge in [0.05, 0.1) is 4.47 Å². The molecule has 0 aliphatic heterocycles. The summed E-state index contributed by atoms with van der Waals surface area (Å²) in [4.78, 5) is 0. The molecule has 0 heterocycles. The Bertz CT molecular complexity index is 459. The molecule has 0 aromatic heterocycles. The molecule has 2 aromatic rings. The average molecular weight is 250 g/mol. The van der Waals surface area contributed by atoms with Crippen molar-refractivity contribution in [2.75, 3.05) is 0 Å². The molecule has 4 heteroatoms. The molecule has 69 valence electrons. The molecule has 2 nitrogen and oxygen atoms in total. The highest BCUT2D eigenvalue weighted by Crippen LogP contribution is 2.29. The van der Waals surface area contributed by atoms with Crippen molar-refractivity contribution < 1.29 is 9.68 Å². The second kappa shape index (κ2) is 4.03. The van der Waals surface area contributed by atoms with Gasteiger partial charge in [-0.3, -0.25) is 0 Å². The van der Waals surface area contributed by atoms with Gasteiger partial charge >= 0.3 is 7.69 Å². The maximum Gasteiger partial charge on any atom is 0.569 e. The quantitative estimate of drug-likeness (QED) is 0.829. The topological polar surface area (TPSA) is 29.5 Å². The number of hydrogen-bond acceptors (Lipinski definition) is 2. The van der Waals surface area contributed by atoms with Gasteiger partial charge in [0.1, 0.15) is 5.75 Å². The van der Waals surface area contributed by atoms with Crippen LogP contribution in [0.5, 0.6) is 5.75 Å². The molecular formula is C10H7BBrO2. The summed E-state index contributed by atoms with van der Waals surface area (Å²) in [7, 11) is 0.675. The summed E-state index contributed by atoms with van der Waals surface area (Å²) in [5, 5.41) is 10.8. The number of rotatable bonds is 2. The van der Waals surface area contributed by atoms with Crippen LogP contribution in [0.4, 0.5) is 0 Å². The molecule has 2 rings (SSSR count). The Morgan fingerprint density at radius 1 is 1.14 bits per heavy atom. The highest BCUT2D eigenvalue weighted by atomic mass is 79.9. The van der Waals surface area contributed by atoms with Crippen LogP contribution >= 0.6 is 15.9 Å². The van der Waals surface area contributed by atoms with Crippen molar-refractivity contribution in [3.8, 4) is 5.75 Å². The second-order valence-electron chi connectivity index (χ2n) is 2.85. The summed E-state index contributed by atoms with van der Waals surface area (Å²) in [5.41, 5.74) is 0. The molecule has 0 bridgehead atoms. The minimum atomic E-state index is 0.603. The molecule has 2 aromatic carbocycles. The summed E-state index contributed by atoms with van der Waals surface area (Å²) < 4.78 is 5.75. The molecule has 1 N–H and O–H groups in total. The van der Waals surface area contributed by atoms with Gasteiger partial charge in [-0.25, -0.2) is 0 Å². The predicted molar refractivity (Wildman–Crippen MR) is 60.2 cm³/mol. The van der Waals surface area contributed by atoms with Crippen LogP contribution in [-0.4, -0.2) is 12.7 Å². The fraction of sp³-hybridized carbons (Fsp3) is 0. The van der Waals surface area contributed by atoms with Gasteiger partial charge in [-0.1, -0.05) is 24.3 Å². The lowest BCUT2D eigenvalue weighted by molar-refractivity contribution is 0.452. The van der Waals surface area contributed by atoms with Gasteiger partial charge in [0, 0.05) is 0 Å². The van der Waals surface area contributed by atoms with E-state index in [0.717, 1.165) is 15.2 Å². The molecule has 0 spiro atoms. The highest BCUT2D eigenvalue weighted by Gasteiger charge is 2.03. The summed E-state index contributed by atoms with van der Waals surface area (Å²) in [6.07, 6.45) is 0. The maximum absolute atomic E-state index is 8.55. The third-order valence-electron chi connectivity index (χ3n) is 1.98. The van der Waals surface area contributed by atoms with Crippen LogP contribution in [0.15, 0.2) is 40.9 Å². The molecule has 0 amide bonds. The summed E-state index contributed by atoms with van der Waals surface area (Å²) in [6.45, 7) is 0. The smallest absolute Gasteiger partial charge is 0.537 e. The van der Waals surface area contributed by atoms with Crippen LogP contribution in [-0.2, 0) is 0 Å². The molecule has 0 unspecified atom stereocenters. The van der Waals surface area contributed by atoms with Crippen LogP contribution in [0.1, 0.15) is 0 Å². The minimum Gasteiger partial charge on any atom is -0.537 e. The standard InChI is InChI=1S/C10H7BBrO2/c12-9-5-7-3-1-2-4-8(7)6-10(9)14-11-13/h1-6,13H. The van der Waals surface area contributed by atoms with Crippen molar-refractivity contribution in [1.29, 1.82) is 0 Å². The van der Waals surface area contributed by atoms with Gasteiger partial charge in [0.25, 0.3) is 0 Å². The van der Waals surface area contributed by atoms with E-state index >= 15 is 0 Å². The molecule has 0 aliphatic carbocycles. The number of fused-ring (bicyclic) bond motifs is 1. The fourth-order valence-corrected chi connectivity index (χ4v) is 1.79. The lowest BCUT2D eigenvalue weighted by Crippen LogP contribution is -2.00. The van der Waals surface area contributed by atoms with Crippen LogP contribution in [0.2, 0.25) is 0 Å². The molecule has 0 atom stereocenters. The van der Waals surface area contributed by atoms with E-state index in [4.69, 9.17) is 9.68 Å². The van der Waals surface area contributed by atoms with Gasteiger partial charge in [-0.05, 0) is 38.8 Å². The van der Waals surface area contributed by atoms with Crippen LogP contribution < -0.4 is 4.65 Å². The van der Waals surface area contributed by atoms with Gasteiger partial charge in [0.2, 0.25) is 0 Å². The zero-order valence-corrected chi connectivity index (χ0v) is 8.86. The van der Waals surface area contributed by atoms with Crippen molar-refractivity contribution in [2.45, 2.75) is 0 Å². The summed E-state index contributed by atoms with van der Waals surface area (Å²) >= 11 is 3.36. The van der Waals surface area contributed by atoms with Crippen molar-refractivity contribution in [2.24, 2.45) is 0 Å². The van der Waals surface area contributed by atoms with Crippen LogP contribution in [0, 0.1) is 0 Å². The summed E-state index contributed by atoms with van der Waals surface area (Å²) in [5.74, 6) is 0.603. The number of benzene rings is 2. The lowest BCUT2D eigenvalue weighted by Gasteiger charge is -2.06. The molecular weight excluding hydrogens is 243 g/mol. The van der Waals surface area contributed by atoms with Crippen LogP contribution in [0.25, 0.3) is 10.8 Å². The van der Waals surface area contributed by atoms with E-state index in [2.05, 4.69) is 15.9 Å². The monoisotopic (exact) mass is 249 g/mol. The third kappa shape index (κ3) is 1.76. The first kappa shape index (κ1) is 9.56. The maximum atomic E-state index is 8.55. The molecule has 0 saturated carbocycles. The van der Waals surface area contributed by atoms with Crippen molar-refractivity contribution in [3.63, 3.8) is 0 Å². The van der Waals surface area contributed by atoms with Gasteiger partial charge < -0.3 is 9.68 Å². The molecule has 14 heavy (non-hydrogen) atoms. The van der Waals surface area contributed by atoms with E-state index in [1.54, 1.807) is 0 Å². The molecule has 0 saturated heterocycles. The first-order chi connectivity index (χ1) is 6.81. The van der Waals surface area contributed by atoms with Gasteiger partial charge in [-0.2, -0.15) is 0 Å². The minimum absolute atomic E-state index is 0.603. The Hall–Kier alpha value is -0.995. The van der Waals surface area contributed by atoms with E-state index in [9.17, 15) is 0 Å². The van der Waals surface area contributed by atoms with E-state index in [0.29, 0.717) is 13.4 Å². The highest BCUT2D eigenvalue weighted by molar-refractivity contribution is 9.10. The molecule has 1 radical (unpaired) electrons. The Balaban J connectivity index is 2.59. The van der Waals surface area contributed by atoms with Crippen molar-refractivity contribution in [1.82, 2.24) is 0 Å². The van der Waals surface area contributed by atoms with Gasteiger partial charge in [0.15, 0.2) is 0 Å². The van der Waals surface area contributed by atoms with E-state index in [1.165, 1.54) is 0 Å². The zero-order valence-electron chi connectivity index (χ0n) is 7.27. The number of hydrogen-bond donors (Lipinski definition) is 1. The normalized spacial score (nSPS) is 10.1. The van der Waals surface area contributed by atoms with Crippen LogP contribution in [0.3, 0.4) is 0 Å². The van der Waals surface area contributed by atoms with E-state index in [-0.39, 0.29) is 0 Å². The van der Waals surface area contributed by atoms with E-state index in [1.807, 2.05) is 36.4 Å². The Kier molecular flexibility index (Phi) is 2.75. The Labute approximate surface area is 90.9 Å². The van der Waals surface area contributed by atoms with Crippen molar-refractivity contribution >= 4 is 34.4 Å². The molecule has 0 fully saturated rings. The predicted octanol–water partition coefficient (Wildman–Crippen LogP) is 2.51.